The Bertz CT molecular complexity index is 1120. The lowest BCUT2D eigenvalue weighted by Crippen LogP contribution is -2.26. The molecule has 32 heavy (non-hydrogen) atoms. The largest absolute Gasteiger partial charge is 0.449 e. The van der Waals surface area contributed by atoms with Gasteiger partial charge in [0, 0.05) is 18.7 Å². The van der Waals surface area contributed by atoms with Gasteiger partial charge in [0.15, 0.2) is 0 Å². The van der Waals surface area contributed by atoms with Gasteiger partial charge in [-0.3, -0.25) is 0 Å². The Morgan fingerprint density at radius 1 is 1.12 bits per heavy atom. The van der Waals surface area contributed by atoms with Crippen molar-refractivity contribution in [2.45, 2.75) is 31.4 Å². The topological polar surface area (TPSA) is 65.4 Å². The third-order valence-corrected chi connectivity index (χ3v) is 5.95. The molecule has 6 heteroatoms. The predicted molar refractivity (Wildman–Crippen MR) is 121 cm³/mol. The monoisotopic (exact) mass is 427 g/mol. The molecule has 1 amide bonds. The summed E-state index contributed by atoms with van der Waals surface area (Å²) in [6.45, 7) is 1.28. The highest BCUT2D eigenvalue weighted by atomic mass is 16.5. The zero-order valence-corrected chi connectivity index (χ0v) is 17.8. The van der Waals surface area contributed by atoms with Crippen LogP contribution in [-0.4, -0.2) is 35.6 Å². The molecule has 2 aliphatic rings. The molecule has 1 N–H and O–H groups in total. The number of aromatic nitrogens is 2. The minimum atomic E-state index is -0.465. The minimum Gasteiger partial charge on any atom is -0.449 e. The Balaban J connectivity index is 1.13. The number of nitrogens with one attached hydrogen (secondary N) is 1. The minimum absolute atomic E-state index is 0.00162. The molecule has 162 valence electrons. The summed E-state index contributed by atoms with van der Waals surface area (Å²) in [5.41, 5.74) is 5.61. The Hall–Kier alpha value is -3.56. The van der Waals surface area contributed by atoms with Gasteiger partial charge in [-0.05, 0) is 41.5 Å². The zero-order valence-electron chi connectivity index (χ0n) is 17.8. The number of rotatable bonds is 4. The summed E-state index contributed by atoms with van der Waals surface area (Å²) in [7, 11) is 0. The van der Waals surface area contributed by atoms with Crippen molar-refractivity contribution in [3.05, 3.63) is 77.6 Å². The molecule has 1 aliphatic heterocycles. The maximum atomic E-state index is 12.2. The third kappa shape index (κ3) is 4.25. The van der Waals surface area contributed by atoms with Crippen molar-refractivity contribution < 1.29 is 14.3 Å². The predicted octanol–water partition coefficient (Wildman–Crippen LogP) is 4.47. The summed E-state index contributed by atoms with van der Waals surface area (Å²) in [5.74, 6) is 6.02. The van der Waals surface area contributed by atoms with Crippen LogP contribution in [0.25, 0.3) is 11.1 Å². The van der Waals surface area contributed by atoms with Gasteiger partial charge in [0.05, 0.1) is 18.3 Å². The first-order valence-electron chi connectivity index (χ1n) is 11.0. The van der Waals surface area contributed by atoms with Gasteiger partial charge in [0.2, 0.25) is 0 Å². The summed E-state index contributed by atoms with van der Waals surface area (Å²) >= 11 is 0. The number of ether oxygens (including phenoxy) is 2. The zero-order chi connectivity index (χ0) is 21.8. The summed E-state index contributed by atoms with van der Waals surface area (Å²) in [5, 5.41) is 7.05. The van der Waals surface area contributed by atoms with E-state index in [-0.39, 0.29) is 18.7 Å². The van der Waals surface area contributed by atoms with E-state index in [0.29, 0.717) is 6.61 Å². The number of benzene rings is 2. The van der Waals surface area contributed by atoms with E-state index in [2.05, 4.69) is 46.5 Å². The van der Waals surface area contributed by atoms with Crippen molar-refractivity contribution in [2.75, 3.05) is 19.8 Å². The van der Waals surface area contributed by atoms with Gasteiger partial charge in [-0.15, -0.1) is 0 Å². The molecule has 2 heterocycles. The number of amides is 1. The molecule has 5 rings (SSSR count). The molecular weight excluding hydrogens is 402 g/mol. The molecule has 1 aliphatic carbocycles. The van der Waals surface area contributed by atoms with Crippen molar-refractivity contribution in [1.82, 2.24) is 15.1 Å². The number of carbonyl (C=O) groups excluding carboxylic acids is 1. The fourth-order valence-electron chi connectivity index (χ4n) is 4.40. The Morgan fingerprint density at radius 3 is 2.59 bits per heavy atom. The lowest BCUT2D eigenvalue weighted by Gasteiger charge is -2.22. The molecule has 1 fully saturated rings. The van der Waals surface area contributed by atoms with E-state index < -0.39 is 6.09 Å². The van der Waals surface area contributed by atoms with Gasteiger partial charge in [-0.25, -0.2) is 9.48 Å². The van der Waals surface area contributed by atoms with E-state index in [9.17, 15) is 4.79 Å². The highest BCUT2D eigenvalue weighted by molar-refractivity contribution is 5.79. The fraction of sp³-hybridized carbons (Fsp3) is 0.308. The van der Waals surface area contributed by atoms with Crippen LogP contribution in [0.4, 0.5) is 4.79 Å². The molecule has 0 saturated carbocycles. The van der Waals surface area contributed by atoms with Gasteiger partial charge >= 0.3 is 6.09 Å². The smallest absolute Gasteiger partial charge is 0.407 e. The number of alkyl carbamates (subject to hydrolysis) is 1. The molecule has 0 radical (unpaired) electrons. The van der Waals surface area contributed by atoms with E-state index in [1.54, 1.807) is 6.20 Å². The Labute approximate surface area is 187 Å². The first-order chi connectivity index (χ1) is 15.8. The number of fused-ring (bicyclic) bond motifs is 3. The summed E-state index contributed by atoms with van der Waals surface area (Å²) in [4.78, 5) is 12.2. The highest BCUT2D eigenvalue weighted by Crippen LogP contribution is 2.44. The average molecular weight is 428 g/mol. The van der Waals surface area contributed by atoms with Gasteiger partial charge < -0.3 is 14.8 Å². The molecule has 6 nitrogen and oxygen atoms in total. The van der Waals surface area contributed by atoms with Crippen LogP contribution in [0.15, 0.2) is 60.9 Å². The second kappa shape index (κ2) is 9.29. The number of carbonyl (C=O) groups is 1. The fourth-order valence-corrected chi connectivity index (χ4v) is 4.40. The van der Waals surface area contributed by atoms with E-state index in [0.717, 1.165) is 31.4 Å². The Morgan fingerprint density at radius 2 is 1.88 bits per heavy atom. The molecule has 0 bridgehead atoms. The summed E-state index contributed by atoms with van der Waals surface area (Å²) < 4.78 is 13.1. The standard InChI is InChI=1S/C26H25N3O3/c30-26(27-14-7-8-19-16-28-29(17-19)25-13-5-6-15-31-25)32-18-24-22-11-3-1-9-20(22)21-10-2-4-12-23(21)24/h1-4,9-12,16-17,24-25H,5-6,13-15,18H2,(H,27,30)/t25-/m0/s1. The average Bonchev–Trinajstić information content (AvgIpc) is 3.44. The third-order valence-electron chi connectivity index (χ3n) is 5.95. The van der Waals surface area contributed by atoms with Crippen LogP contribution in [0, 0.1) is 11.8 Å². The maximum absolute atomic E-state index is 12.2. The normalized spacial score (nSPS) is 17.1. The van der Waals surface area contributed by atoms with Crippen molar-refractivity contribution in [3.63, 3.8) is 0 Å². The second-order valence-electron chi connectivity index (χ2n) is 8.01. The quantitative estimate of drug-likeness (QED) is 0.624. The van der Waals surface area contributed by atoms with Crippen LogP contribution >= 0.6 is 0 Å². The summed E-state index contributed by atoms with van der Waals surface area (Å²) in [6, 6.07) is 16.6. The Kier molecular flexibility index (Phi) is 5.91. The molecular formula is C26H25N3O3. The van der Waals surface area contributed by atoms with E-state index in [4.69, 9.17) is 9.47 Å². The van der Waals surface area contributed by atoms with Gasteiger partial charge in [0.25, 0.3) is 0 Å². The van der Waals surface area contributed by atoms with E-state index in [1.165, 1.54) is 22.3 Å². The van der Waals surface area contributed by atoms with Crippen molar-refractivity contribution in [3.8, 4) is 23.0 Å². The number of nitrogens with zero attached hydrogens (tertiary/aromatic N) is 2. The van der Waals surface area contributed by atoms with Gasteiger partial charge in [0.1, 0.15) is 12.8 Å². The highest BCUT2D eigenvalue weighted by Gasteiger charge is 2.28. The van der Waals surface area contributed by atoms with Crippen LogP contribution in [0.1, 0.15) is 48.1 Å². The maximum Gasteiger partial charge on any atom is 0.407 e. The van der Waals surface area contributed by atoms with Gasteiger partial charge in [-0.1, -0.05) is 60.4 Å². The van der Waals surface area contributed by atoms with Crippen molar-refractivity contribution in [2.24, 2.45) is 0 Å². The van der Waals surface area contributed by atoms with Crippen molar-refractivity contribution in [1.29, 1.82) is 0 Å². The summed E-state index contributed by atoms with van der Waals surface area (Å²) in [6.07, 6.45) is 6.36. The number of hydrogen-bond acceptors (Lipinski definition) is 4. The van der Waals surface area contributed by atoms with E-state index in [1.807, 2.05) is 35.1 Å². The van der Waals surface area contributed by atoms with Crippen LogP contribution < -0.4 is 5.32 Å². The number of hydrogen-bond donors (Lipinski definition) is 1. The molecule has 2 aromatic carbocycles. The van der Waals surface area contributed by atoms with Gasteiger partial charge in [-0.2, -0.15) is 5.10 Å². The van der Waals surface area contributed by atoms with Crippen LogP contribution in [-0.2, 0) is 9.47 Å². The molecule has 1 saturated heterocycles. The first-order valence-corrected chi connectivity index (χ1v) is 11.0. The lowest BCUT2D eigenvalue weighted by molar-refractivity contribution is -0.0395. The molecule has 1 aromatic heterocycles. The molecule has 0 spiro atoms. The molecule has 1 atom stereocenters. The lowest BCUT2D eigenvalue weighted by atomic mass is 9.98. The van der Waals surface area contributed by atoms with Crippen LogP contribution in [0.5, 0.6) is 0 Å². The molecule has 3 aromatic rings. The van der Waals surface area contributed by atoms with Crippen molar-refractivity contribution >= 4 is 6.09 Å². The first kappa shape index (κ1) is 20.3. The van der Waals surface area contributed by atoms with E-state index >= 15 is 0 Å². The molecule has 0 unspecified atom stereocenters. The SMILES string of the molecule is O=C(NCC#Cc1cnn([C@@H]2CCCCO2)c1)OCC1c2ccccc2-c2ccccc21. The van der Waals surface area contributed by atoms with Crippen LogP contribution in [0.3, 0.4) is 0 Å². The van der Waals surface area contributed by atoms with Crippen LogP contribution in [0.2, 0.25) is 0 Å². The second-order valence-corrected chi connectivity index (χ2v) is 8.01.